The van der Waals surface area contributed by atoms with Crippen molar-refractivity contribution in [2.24, 2.45) is 0 Å². The molecular weight excluding hydrogens is 266 g/mol. The van der Waals surface area contributed by atoms with Gasteiger partial charge in [-0.05, 0) is 24.1 Å². The number of nitrogens with one attached hydrogen (secondary N) is 1. The highest BCUT2D eigenvalue weighted by Gasteiger charge is 2.32. The standard InChI is InChI=1S/C16H21N3O2/c1-11-13(3-4-15(20-2)14(11)7-17)16-9-19-6-5-18-8-12(19)10-21-16/h3-4,12,16,18H,5-6,8-10H2,1-2H3/t12-,16-/m1/s1. The van der Waals surface area contributed by atoms with Crippen LogP contribution in [0, 0.1) is 18.3 Å². The molecule has 0 aromatic heterocycles. The summed E-state index contributed by atoms with van der Waals surface area (Å²) in [6, 6.07) is 6.62. The van der Waals surface area contributed by atoms with E-state index in [0.717, 1.165) is 43.9 Å². The maximum atomic E-state index is 9.35. The van der Waals surface area contributed by atoms with Crippen molar-refractivity contribution in [2.75, 3.05) is 39.9 Å². The summed E-state index contributed by atoms with van der Waals surface area (Å²) in [6.45, 7) is 6.70. The van der Waals surface area contributed by atoms with Crippen molar-refractivity contribution in [1.29, 1.82) is 5.26 Å². The minimum absolute atomic E-state index is 0.0392. The van der Waals surface area contributed by atoms with Crippen LogP contribution in [0.25, 0.3) is 0 Å². The van der Waals surface area contributed by atoms with Gasteiger partial charge in [-0.15, -0.1) is 0 Å². The number of hydrogen-bond acceptors (Lipinski definition) is 5. The lowest BCUT2D eigenvalue weighted by Crippen LogP contribution is -2.57. The van der Waals surface area contributed by atoms with Crippen LogP contribution in [0.2, 0.25) is 0 Å². The van der Waals surface area contributed by atoms with Crippen molar-refractivity contribution >= 4 is 0 Å². The molecule has 5 heteroatoms. The number of nitriles is 1. The van der Waals surface area contributed by atoms with Gasteiger partial charge in [0.05, 0.1) is 25.4 Å². The van der Waals surface area contributed by atoms with Gasteiger partial charge in [0.25, 0.3) is 0 Å². The summed E-state index contributed by atoms with van der Waals surface area (Å²) in [4.78, 5) is 2.49. The van der Waals surface area contributed by atoms with E-state index in [2.05, 4.69) is 16.3 Å². The Balaban J connectivity index is 1.86. The molecule has 0 saturated carbocycles. The number of methoxy groups -OCH3 is 1. The largest absolute Gasteiger partial charge is 0.495 e. The van der Waals surface area contributed by atoms with Crippen LogP contribution >= 0.6 is 0 Å². The van der Waals surface area contributed by atoms with Crippen molar-refractivity contribution in [3.05, 3.63) is 28.8 Å². The molecule has 112 valence electrons. The van der Waals surface area contributed by atoms with Gasteiger partial charge in [-0.3, -0.25) is 4.90 Å². The van der Waals surface area contributed by atoms with Gasteiger partial charge in [-0.1, -0.05) is 6.07 Å². The normalized spacial score (nSPS) is 26.0. The Labute approximate surface area is 125 Å². The Morgan fingerprint density at radius 1 is 1.48 bits per heavy atom. The van der Waals surface area contributed by atoms with Crippen LogP contribution in [0.3, 0.4) is 0 Å². The molecule has 0 bridgehead atoms. The lowest BCUT2D eigenvalue weighted by Gasteiger charge is -2.43. The number of nitrogens with zero attached hydrogens (tertiary/aromatic N) is 2. The average molecular weight is 287 g/mol. The number of fused-ring (bicyclic) bond motifs is 1. The van der Waals surface area contributed by atoms with Crippen LogP contribution in [0.5, 0.6) is 5.75 Å². The number of piperazine rings is 1. The highest BCUT2D eigenvalue weighted by atomic mass is 16.5. The van der Waals surface area contributed by atoms with Gasteiger partial charge in [0.15, 0.2) is 0 Å². The molecule has 0 aliphatic carbocycles. The van der Waals surface area contributed by atoms with Gasteiger partial charge < -0.3 is 14.8 Å². The molecule has 2 atom stereocenters. The summed E-state index contributed by atoms with van der Waals surface area (Å²) in [6.07, 6.45) is 0.0392. The van der Waals surface area contributed by atoms with Gasteiger partial charge in [0, 0.05) is 32.2 Å². The number of rotatable bonds is 2. The zero-order valence-corrected chi connectivity index (χ0v) is 12.6. The van der Waals surface area contributed by atoms with Crippen LogP contribution in [-0.2, 0) is 4.74 Å². The molecule has 5 nitrogen and oxygen atoms in total. The molecule has 2 heterocycles. The van der Waals surface area contributed by atoms with E-state index in [4.69, 9.17) is 9.47 Å². The molecule has 3 rings (SSSR count). The Bertz CT molecular complexity index is 567. The van der Waals surface area contributed by atoms with E-state index in [0.29, 0.717) is 17.4 Å². The van der Waals surface area contributed by atoms with Gasteiger partial charge in [-0.25, -0.2) is 0 Å². The third-order valence-electron chi connectivity index (χ3n) is 4.51. The van der Waals surface area contributed by atoms with E-state index in [1.165, 1.54) is 0 Å². The van der Waals surface area contributed by atoms with Crippen molar-refractivity contribution in [3.8, 4) is 11.8 Å². The molecule has 2 aliphatic rings. The first-order valence-electron chi connectivity index (χ1n) is 7.38. The fraction of sp³-hybridized carbons (Fsp3) is 0.562. The lowest BCUT2D eigenvalue weighted by atomic mass is 9.96. The van der Waals surface area contributed by atoms with E-state index < -0.39 is 0 Å². The molecule has 0 radical (unpaired) electrons. The Morgan fingerprint density at radius 3 is 3.10 bits per heavy atom. The first-order valence-corrected chi connectivity index (χ1v) is 7.38. The minimum Gasteiger partial charge on any atom is -0.495 e. The van der Waals surface area contributed by atoms with Crippen LogP contribution in [0.15, 0.2) is 12.1 Å². The third kappa shape index (κ3) is 2.62. The average Bonchev–Trinajstić information content (AvgIpc) is 2.54. The van der Waals surface area contributed by atoms with Gasteiger partial charge in [0.2, 0.25) is 0 Å². The summed E-state index contributed by atoms with van der Waals surface area (Å²) < 4.78 is 11.3. The van der Waals surface area contributed by atoms with Crippen LogP contribution in [-0.4, -0.2) is 50.8 Å². The monoisotopic (exact) mass is 287 g/mol. The molecule has 0 unspecified atom stereocenters. The minimum atomic E-state index is 0.0392. The van der Waals surface area contributed by atoms with Gasteiger partial charge >= 0.3 is 0 Å². The molecule has 2 saturated heterocycles. The highest BCUT2D eigenvalue weighted by molar-refractivity contribution is 5.52. The van der Waals surface area contributed by atoms with E-state index in [-0.39, 0.29) is 6.10 Å². The highest BCUT2D eigenvalue weighted by Crippen LogP contribution is 2.32. The summed E-state index contributed by atoms with van der Waals surface area (Å²) in [5.74, 6) is 0.634. The molecular formula is C16H21N3O2. The first kappa shape index (κ1) is 14.3. The third-order valence-corrected chi connectivity index (χ3v) is 4.51. The second-order valence-corrected chi connectivity index (χ2v) is 5.64. The quantitative estimate of drug-likeness (QED) is 0.886. The predicted octanol–water partition coefficient (Wildman–Crippen LogP) is 1.22. The maximum absolute atomic E-state index is 9.35. The van der Waals surface area contributed by atoms with E-state index >= 15 is 0 Å². The van der Waals surface area contributed by atoms with Crippen molar-refractivity contribution < 1.29 is 9.47 Å². The maximum Gasteiger partial charge on any atom is 0.136 e. The second-order valence-electron chi connectivity index (χ2n) is 5.64. The number of morpholine rings is 1. The van der Waals surface area contributed by atoms with Crippen LogP contribution in [0.4, 0.5) is 0 Å². The van der Waals surface area contributed by atoms with Crippen LogP contribution < -0.4 is 10.1 Å². The fourth-order valence-corrected chi connectivity index (χ4v) is 3.25. The first-order chi connectivity index (χ1) is 10.2. The molecule has 21 heavy (non-hydrogen) atoms. The fourth-order valence-electron chi connectivity index (χ4n) is 3.25. The Morgan fingerprint density at radius 2 is 2.33 bits per heavy atom. The van der Waals surface area contributed by atoms with Crippen molar-refractivity contribution in [2.45, 2.75) is 19.1 Å². The summed E-state index contributed by atoms with van der Waals surface area (Å²) in [5.41, 5.74) is 2.68. The topological polar surface area (TPSA) is 57.5 Å². The Kier molecular flexibility index (Phi) is 4.11. The molecule has 2 fully saturated rings. The molecule has 0 spiro atoms. The number of ether oxygens (including phenoxy) is 2. The molecule has 0 amide bonds. The molecule has 1 aromatic carbocycles. The zero-order valence-electron chi connectivity index (χ0n) is 12.6. The molecule has 2 aliphatic heterocycles. The smallest absolute Gasteiger partial charge is 0.136 e. The summed E-state index contributed by atoms with van der Waals surface area (Å²) >= 11 is 0. The van der Waals surface area contributed by atoms with Gasteiger partial charge in [-0.2, -0.15) is 5.26 Å². The summed E-state index contributed by atoms with van der Waals surface area (Å²) in [7, 11) is 1.59. The predicted molar refractivity (Wildman–Crippen MR) is 79.4 cm³/mol. The van der Waals surface area contributed by atoms with Crippen LogP contribution in [0.1, 0.15) is 22.8 Å². The van der Waals surface area contributed by atoms with Crippen molar-refractivity contribution in [1.82, 2.24) is 10.2 Å². The SMILES string of the molecule is COc1ccc([C@H]2CN3CCNC[C@@H]3CO2)c(C)c1C#N. The summed E-state index contributed by atoms with van der Waals surface area (Å²) in [5, 5.41) is 12.8. The zero-order chi connectivity index (χ0) is 14.8. The molecule has 1 aromatic rings. The van der Waals surface area contributed by atoms with E-state index in [9.17, 15) is 5.26 Å². The van der Waals surface area contributed by atoms with E-state index in [1.54, 1.807) is 7.11 Å². The number of benzene rings is 1. The van der Waals surface area contributed by atoms with Crippen molar-refractivity contribution in [3.63, 3.8) is 0 Å². The Hall–Kier alpha value is -1.61. The lowest BCUT2D eigenvalue weighted by molar-refractivity contribution is -0.0720. The second kappa shape index (κ2) is 6.02. The van der Waals surface area contributed by atoms with Gasteiger partial charge in [0.1, 0.15) is 11.8 Å². The number of hydrogen-bond donors (Lipinski definition) is 1. The van der Waals surface area contributed by atoms with E-state index in [1.807, 2.05) is 19.1 Å². The molecule has 1 N–H and O–H groups in total.